The Morgan fingerprint density at radius 2 is 1.83 bits per heavy atom. The van der Waals surface area contributed by atoms with Crippen LogP contribution in [0.15, 0.2) is 48.5 Å². The first-order valence-corrected chi connectivity index (χ1v) is 10.5. The van der Waals surface area contributed by atoms with Crippen LogP contribution in [0, 0.1) is 6.92 Å². The second kappa shape index (κ2) is 9.81. The molecule has 1 N–H and O–H groups in total. The van der Waals surface area contributed by atoms with Crippen molar-refractivity contribution >= 4 is 16.9 Å². The third-order valence-corrected chi connectivity index (χ3v) is 5.31. The zero-order valence-electron chi connectivity index (χ0n) is 18.2. The van der Waals surface area contributed by atoms with Gasteiger partial charge in [0.1, 0.15) is 11.9 Å². The van der Waals surface area contributed by atoms with Gasteiger partial charge >= 0.3 is 5.97 Å². The average Bonchev–Trinajstić information content (AvgIpc) is 3.04. The Morgan fingerprint density at radius 3 is 2.47 bits per heavy atom. The van der Waals surface area contributed by atoms with Crippen molar-refractivity contribution < 1.29 is 19.4 Å². The maximum atomic E-state index is 11.8. The highest BCUT2D eigenvalue weighted by molar-refractivity contribution is 5.82. The summed E-state index contributed by atoms with van der Waals surface area (Å²) in [5.41, 5.74) is 4.42. The molecule has 5 nitrogen and oxygen atoms in total. The highest BCUT2D eigenvalue weighted by atomic mass is 16.5. The number of benzene rings is 2. The molecule has 2 aromatic carbocycles. The highest BCUT2D eigenvalue weighted by Gasteiger charge is 2.21. The van der Waals surface area contributed by atoms with E-state index in [0.717, 1.165) is 34.3 Å². The third kappa shape index (κ3) is 5.42. The summed E-state index contributed by atoms with van der Waals surface area (Å²) in [6, 6.07) is 16.5. The molecule has 0 amide bonds. The van der Waals surface area contributed by atoms with Crippen molar-refractivity contribution in [3.05, 3.63) is 65.4 Å². The summed E-state index contributed by atoms with van der Waals surface area (Å²) in [5, 5.41) is 10.8. The fourth-order valence-corrected chi connectivity index (χ4v) is 3.83. The molecule has 160 valence electrons. The molecule has 2 unspecified atom stereocenters. The molecule has 5 heteroatoms. The fourth-order valence-electron chi connectivity index (χ4n) is 3.83. The van der Waals surface area contributed by atoms with Gasteiger partial charge < -0.3 is 19.1 Å². The monoisotopic (exact) mass is 409 g/mol. The molecular formula is C25H31NO4. The number of aliphatic hydroxyl groups excluding tert-OH is 1. The van der Waals surface area contributed by atoms with Gasteiger partial charge in [0.2, 0.25) is 0 Å². The number of nitrogens with zero attached hydrogens (tertiary/aromatic N) is 1. The number of hydrogen-bond donors (Lipinski definition) is 1. The van der Waals surface area contributed by atoms with Crippen LogP contribution in [0.3, 0.4) is 0 Å². The van der Waals surface area contributed by atoms with Gasteiger partial charge in [0, 0.05) is 24.4 Å². The molecule has 3 aromatic rings. The van der Waals surface area contributed by atoms with Gasteiger partial charge in [0.25, 0.3) is 0 Å². The molecule has 30 heavy (non-hydrogen) atoms. The van der Waals surface area contributed by atoms with Crippen LogP contribution in [-0.4, -0.2) is 28.9 Å². The summed E-state index contributed by atoms with van der Waals surface area (Å²) in [6.07, 6.45) is 1.40. The molecule has 0 saturated heterocycles. The van der Waals surface area contributed by atoms with Crippen molar-refractivity contribution in [2.24, 2.45) is 0 Å². The first-order chi connectivity index (χ1) is 14.4. The number of aliphatic hydroxyl groups is 1. The average molecular weight is 410 g/mol. The summed E-state index contributed by atoms with van der Waals surface area (Å²) in [5.74, 6) is 0.525. The van der Waals surface area contributed by atoms with Crippen molar-refractivity contribution in [2.75, 3.05) is 7.11 Å². The quantitative estimate of drug-likeness (QED) is 0.496. The van der Waals surface area contributed by atoms with Crippen LogP contribution in [0.25, 0.3) is 10.9 Å². The van der Waals surface area contributed by atoms with E-state index in [1.54, 1.807) is 14.0 Å². The maximum Gasteiger partial charge on any atom is 0.303 e. The summed E-state index contributed by atoms with van der Waals surface area (Å²) < 4.78 is 13.2. The van der Waals surface area contributed by atoms with E-state index in [2.05, 4.69) is 47.9 Å². The molecule has 2 atom stereocenters. The van der Waals surface area contributed by atoms with Gasteiger partial charge in [-0.15, -0.1) is 0 Å². The number of fused-ring (bicyclic) bond motifs is 1. The normalized spacial score (nSPS) is 13.2. The van der Waals surface area contributed by atoms with Gasteiger partial charge in [-0.2, -0.15) is 0 Å². The van der Waals surface area contributed by atoms with Crippen LogP contribution in [0.1, 0.15) is 56.0 Å². The minimum absolute atomic E-state index is 0.297. The summed E-state index contributed by atoms with van der Waals surface area (Å²) in [4.78, 5) is 11.8. The molecule has 3 rings (SSSR count). The smallest absolute Gasteiger partial charge is 0.303 e. The van der Waals surface area contributed by atoms with Crippen LogP contribution < -0.4 is 4.74 Å². The van der Waals surface area contributed by atoms with E-state index in [4.69, 9.17) is 9.47 Å². The number of methoxy groups -OCH3 is 1. The molecule has 0 saturated carbocycles. The molecule has 0 aliphatic rings. The predicted molar refractivity (Wildman–Crippen MR) is 119 cm³/mol. The third-order valence-electron chi connectivity index (χ3n) is 5.31. The van der Waals surface area contributed by atoms with Gasteiger partial charge in [-0.05, 0) is 69.0 Å². The Balaban J connectivity index is 2.01. The van der Waals surface area contributed by atoms with Crippen LogP contribution in [-0.2, 0) is 16.1 Å². The van der Waals surface area contributed by atoms with Gasteiger partial charge in [-0.1, -0.05) is 23.8 Å². The minimum atomic E-state index is -0.365. The number of carbonyl (C=O) groups is 1. The van der Waals surface area contributed by atoms with Crippen molar-refractivity contribution in [3.8, 4) is 5.75 Å². The minimum Gasteiger partial charge on any atom is -0.497 e. The maximum absolute atomic E-state index is 11.8. The Hall–Kier alpha value is -2.79. The van der Waals surface area contributed by atoms with Crippen molar-refractivity contribution in [1.29, 1.82) is 0 Å². The summed E-state index contributed by atoms with van der Waals surface area (Å²) in [6.45, 7) is 5.97. The van der Waals surface area contributed by atoms with Crippen LogP contribution in [0.4, 0.5) is 0 Å². The number of rotatable bonds is 9. The van der Waals surface area contributed by atoms with Gasteiger partial charge in [-0.3, -0.25) is 4.79 Å². The molecule has 0 fully saturated rings. The number of carbonyl (C=O) groups excluding carboxylic acids is 1. The van der Waals surface area contributed by atoms with E-state index in [0.29, 0.717) is 19.4 Å². The standard InChI is InChI=1S/C25H31NO4/c1-17-8-13-23-21(14-17)15-24(25(30-19(3)28)7-5-6-18(2)27)26(23)16-20-9-11-22(29-4)12-10-20/h8-15,18,25,27H,5-7,16H2,1-4H3. The highest BCUT2D eigenvalue weighted by Crippen LogP contribution is 2.32. The number of aromatic nitrogens is 1. The van der Waals surface area contributed by atoms with E-state index in [1.807, 2.05) is 12.1 Å². The molecular weight excluding hydrogens is 378 g/mol. The lowest BCUT2D eigenvalue weighted by atomic mass is 10.1. The second-order valence-corrected chi connectivity index (χ2v) is 7.94. The zero-order chi connectivity index (χ0) is 21.7. The lowest BCUT2D eigenvalue weighted by Crippen LogP contribution is -2.15. The van der Waals surface area contributed by atoms with E-state index < -0.39 is 0 Å². The van der Waals surface area contributed by atoms with E-state index in [-0.39, 0.29) is 18.2 Å². The van der Waals surface area contributed by atoms with E-state index >= 15 is 0 Å². The zero-order valence-corrected chi connectivity index (χ0v) is 18.2. The Labute approximate surface area is 178 Å². The summed E-state index contributed by atoms with van der Waals surface area (Å²) in [7, 11) is 1.66. The predicted octanol–water partition coefficient (Wildman–Crippen LogP) is 5.16. The van der Waals surface area contributed by atoms with E-state index in [1.165, 1.54) is 12.5 Å². The fraction of sp³-hybridized carbons (Fsp3) is 0.400. The molecule has 0 aliphatic carbocycles. The Kier molecular flexibility index (Phi) is 7.16. The lowest BCUT2D eigenvalue weighted by molar-refractivity contribution is -0.147. The molecule has 0 spiro atoms. The van der Waals surface area contributed by atoms with Gasteiger partial charge in [0.05, 0.1) is 18.9 Å². The molecule has 0 bridgehead atoms. The number of aryl methyl sites for hydroxylation is 1. The number of hydrogen-bond acceptors (Lipinski definition) is 4. The lowest BCUT2D eigenvalue weighted by Gasteiger charge is -2.21. The molecule has 0 aliphatic heterocycles. The van der Waals surface area contributed by atoms with E-state index in [9.17, 15) is 9.90 Å². The van der Waals surface area contributed by atoms with Crippen LogP contribution in [0.5, 0.6) is 5.75 Å². The largest absolute Gasteiger partial charge is 0.497 e. The van der Waals surface area contributed by atoms with Gasteiger partial charge in [-0.25, -0.2) is 0 Å². The molecule has 1 heterocycles. The van der Waals surface area contributed by atoms with Crippen LogP contribution in [0.2, 0.25) is 0 Å². The topological polar surface area (TPSA) is 60.7 Å². The van der Waals surface area contributed by atoms with Crippen molar-refractivity contribution in [3.63, 3.8) is 0 Å². The molecule has 0 radical (unpaired) electrons. The SMILES string of the molecule is COc1ccc(Cn2c(C(CCCC(C)O)OC(C)=O)cc3cc(C)ccc32)cc1. The van der Waals surface area contributed by atoms with Crippen molar-refractivity contribution in [1.82, 2.24) is 4.57 Å². The first kappa shape index (κ1) is 21.9. The second-order valence-electron chi connectivity index (χ2n) is 7.94. The Bertz CT molecular complexity index is 988. The first-order valence-electron chi connectivity index (χ1n) is 10.5. The number of ether oxygens (including phenoxy) is 2. The number of esters is 1. The van der Waals surface area contributed by atoms with Crippen molar-refractivity contribution in [2.45, 2.75) is 58.8 Å². The van der Waals surface area contributed by atoms with Gasteiger partial charge in [0.15, 0.2) is 0 Å². The van der Waals surface area contributed by atoms with Crippen LogP contribution >= 0.6 is 0 Å². The Morgan fingerprint density at radius 1 is 1.10 bits per heavy atom. The summed E-state index contributed by atoms with van der Waals surface area (Å²) >= 11 is 0. The molecule has 1 aromatic heterocycles.